The van der Waals surface area contributed by atoms with Crippen molar-refractivity contribution in [3.63, 3.8) is 0 Å². The zero-order valence-electron chi connectivity index (χ0n) is 11.0. The fourth-order valence-corrected chi connectivity index (χ4v) is 2.62. The van der Waals surface area contributed by atoms with Crippen molar-refractivity contribution in [1.82, 2.24) is 0 Å². The molecule has 2 aromatic carbocycles. The van der Waals surface area contributed by atoms with Crippen LogP contribution in [0, 0.1) is 0 Å². The number of rotatable bonds is 6. The fourth-order valence-electron chi connectivity index (χ4n) is 1.54. The van der Waals surface area contributed by atoms with Crippen molar-refractivity contribution in [3.05, 3.63) is 60.7 Å². The van der Waals surface area contributed by atoms with E-state index in [0.29, 0.717) is 0 Å². The Morgan fingerprint density at radius 2 is 1.00 bits per heavy atom. The minimum atomic E-state index is -2.31. The molecule has 2 aromatic rings. The third-order valence-corrected chi connectivity index (χ3v) is 3.50. The average Bonchev–Trinajstić information content (AvgIpc) is 2.47. The average molecular weight is 380 g/mol. The van der Waals surface area contributed by atoms with Crippen LogP contribution in [0.5, 0.6) is 11.5 Å². The molecule has 0 aliphatic rings. The minimum absolute atomic E-state index is 0.282. The maximum Gasteiger partial charge on any atom is 0.325 e. The van der Waals surface area contributed by atoms with Gasteiger partial charge in [-0.1, -0.05) is 36.4 Å². The summed E-state index contributed by atoms with van der Waals surface area (Å²) in [7, 11) is 0. The maximum atomic E-state index is 12.3. The summed E-state index contributed by atoms with van der Waals surface area (Å²) in [5.41, 5.74) is 0. The van der Waals surface area contributed by atoms with Crippen molar-refractivity contribution < 1.29 is 14.3 Å². The molecule has 0 fully saturated rings. The van der Waals surface area contributed by atoms with E-state index in [4.69, 9.17) is 55.9 Å². The van der Waals surface area contributed by atoms with Crippen molar-refractivity contribution in [2.24, 2.45) is 0 Å². The zero-order valence-corrected chi connectivity index (χ0v) is 14.0. The van der Waals surface area contributed by atoms with Gasteiger partial charge >= 0.3 is 9.04 Å². The third-order valence-electron chi connectivity index (χ3n) is 2.51. The van der Waals surface area contributed by atoms with Gasteiger partial charge in [0, 0.05) is 0 Å². The van der Waals surface area contributed by atoms with Crippen molar-refractivity contribution in [3.8, 4) is 11.5 Å². The molecule has 0 saturated heterocycles. The Labute approximate surface area is 147 Å². The lowest BCUT2D eigenvalue weighted by Crippen LogP contribution is -2.46. The molecular weight excluding hydrogens is 370 g/mol. The number of carbonyl (C=O) groups excluding carboxylic acids is 1. The van der Waals surface area contributed by atoms with E-state index in [1.54, 1.807) is 60.7 Å². The lowest BCUT2D eigenvalue weighted by Gasteiger charge is -2.27. The summed E-state index contributed by atoms with van der Waals surface area (Å²) in [4.78, 5) is 12.3. The lowest BCUT2D eigenvalue weighted by atomic mass is 10.3. The number of halogens is 4. The molecule has 0 N–H and O–H groups in total. The second-order valence-electron chi connectivity index (χ2n) is 4.19. The maximum absolute atomic E-state index is 12.3. The van der Waals surface area contributed by atoms with E-state index < -0.39 is 14.8 Å². The summed E-state index contributed by atoms with van der Waals surface area (Å²) in [6.07, 6.45) is 0. The number of alkyl halides is 4. The van der Waals surface area contributed by atoms with Crippen LogP contribution in [-0.4, -0.2) is 14.8 Å². The molecule has 0 aromatic heterocycles. The first-order chi connectivity index (χ1) is 10.3. The molecule has 0 unspecified atom stereocenters. The van der Waals surface area contributed by atoms with Crippen LogP contribution in [0.1, 0.15) is 0 Å². The highest BCUT2D eigenvalue weighted by Crippen LogP contribution is 2.37. The van der Waals surface area contributed by atoms with Crippen LogP contribution < -0.4 is 9.47 Å². The molecule has 0 bridgehead atoms. The highest BCUT2D eigenvalue weighted by molar-refractivity contribution is 6.67. The minimum Gasteiger partial charge on any atom is -0.451 e. The Hall–Kier alpha value is -1.13. The standard InChI is InChI=1S/C15H10Cl4O3/c16-14(17,21-11-7-3-1-4-8-11)13(20)15(18,19)22-12-9-5-2-6-10-12/h1-10H. The number of ether oxygens (including phenoxy) is 2. The van der Waals surface area contributed by atoms with Crippen LogP contribution in [0.4, 0.5) is 0 Å². The Bertz CT molecular complexity index is 574. The van der Waals surface area contributed by atoms with Gasteiger partial charge in [0.1, 0.15) is 11.5 Å². The molecule has 0 atom stereocenters. The smallest absolute Gasteiger partial charge is 0.325 e. The summed E-state index contributed by atoms with van der Waals surface area (Å²) in [5, 5.41) is 0. The van der Waals surface area contributed by atoms with Crippen LogP contribution in [0.25, 0.3) is 0 Å². The van der Waals surface area contributed by atoms with Gasteiger partial charge in [0.15, 0.2) is 0 Å². The zero-order chi connectivity index (χ0) is 16.2. The van der Waals surface area contributed by atoms with Crippen molar-refractivity contribution in [2.75, 3.05) is 0 Å². The van der Waals surface area contributed by atoms with Gasteiger partial charge in [0.05, 0.1) is 0 Å². The molecule has 0 spiro atoms. The number of para-hydroxylation sites is 2. The predicted molar refractivity (Wildman–Crippen MR) is 88.0 cm³/mol. The normalized spacial score (nSPS) is 11.8. The van der Waals surface area contributed by atoms with Crippen LogP contribution in [0.15, 0.2) is 60.7 Å². The van der Waals surface area contributed by atoms with Gasteiger partial charge in [-0.15, -0.1) is 0 Å². The summed E-state index contributed by atoms with van der Waals surface area (Å²) in [6.45, 7) is 0. The van der Waals surface area contributed by atoms with Gasteiger partial charge in [0.25, 0.3) is 5.78 Å². The summed E-state index contributed by atoms with van der Waals surface area (Å²) in [5.74, 6) is -0.492. The molecule has 0 aliphatic carbocycles. The molecule has 116 valence electrons. The molecule has 2 rings (SSSR count). The number of benzene rings is 2. The SMILES string of the molecule is O=C(C(Cl)(Cl)Oc1ccccc1)C(Cl)(Cl)Oc1ccccc1. The van der Waals surface area contributed by atoms with E-state index >= 15 is 0 Å². The number of hydrogen-bond donors (Lipinski definition) is 0. The highest BCUT2D eigenvalue weighted by atomic mass is 35.5. The third kappa shape index (κ3) is 4.43. The van der Waals surface area contributed by atoms with Crippen LogP contribution in [-0.2, 0) is 4.79 Å². The lowest BCUT2D eigenvalue weighted by molar-refractivity contribution is -0.130. The Morgan fingerprint density at radius 3 is 1.32 bits per heavy atom. The second kappa shape index (κ2) is 6.97. The van der Waals surface area contributed by atoms with Crippen molar-refractivity contribution in [2.45, 2.75) is 9.04 Å². The molecule has 0 radical (unpaired) electrons. The van der Waals surface area contributed by atoms with Gasteiger partial charge in [-0.05, 0) is 70.7 Å². The van der Waals surface area contributed by atoms with Gasteiger partial charge in [0.2, 0.25) is 0 Å². The molecule has 0 aliphatic heterocycles. The van der Waals surface area contributed by atoms with Crippen molar-refractivity contribution in [1.29, 1.82) is 0 Å². The summed E-state index contributed by atoms with van der Waals surface area (Å²) in [6, 6.07) is 16.6. The van der Waals surface area contributed by atoms with Crippen LogP contribution in [0.3, 0.4) is 0 Å². The molecule has 22 heavy (non-hydrogen) atoms. The number of carbonyl (C=O) groups is 1. The van der Waals surface area contributed by atoms with Crippen LogP contribution in [0.2, 0.25) is 0 Å². The number of Topliss-reactive ketones (excluding diaryl/α,β-unsaturated/α-hetero) is 1. The number of hydrogen-bond acceptors (Lipinski definition) is 3. The largest absolute Gasteiger partial charge is 0.451 e. The van der Waals surface area contributed by atoms with Gasteiger partial charge in [-0.3, -0.25) is 4.79 Å². The first kappa shape index (κ1) is 17.2. The van der Waals surface area contributed by atoms with E-state index in [1.807, 2.05) is 0 Å². The molecule has 3 nitrogen and oxygen atoms in total. The molecule has 0 saturated carbocycles. The first-order valence-corrected chi connectivity index (χ1v) is 7.61. The topological polar surface area (TPSA) is 35.5 Å². The van der Waals surface area contributed by atoms with E-state index in [2.05, 4.69) is 0 Å². The first-order valence-electron chi connectivity index (χ1n) is 6.10. The van der Waals surface area contributed by atoms with E-state index in [1.165, 1.54) is 0 Å². The Morgan fingerprint density at radius 1 is 0.682 bits per heavy atom. The van der Waals surface area contributed by atoms with Crippen molar-refractivity contribution >= 4 is 52.2 Å². The van der Waals surface area contributed by atoms with Gasteiger partial charge < -0.3 is 9.47 Å². The Balaban J connectivity index is 2.14. The van der Waals surface area contributed by atoms with E-state index in [0.717, 1.165) is 0 Å². The van der Waals surface area contributed by atoms with Gasteiger partial charge in [-0.25, -0.2) is 0 Å². The van der Waals surface area contributed by atoms with Crippen LogP contribution >= 0.6 is 46.4 Å². The van der Waals surface area contributed by atoms with Gasteiger partial charge in [-0.2, -0.15) is 0 Å². The molecule has 7 heteroatoms. The monoisotopic (exact) mass is 378 g/mol. The molecule has 0 heterocycles. The fraction of sp³-hybridized carbons (Fsp3) is 0.133. The summed E-state index contributed by atoms with van der Waals surface area (Å²) < 4.78 is 5.83. The summed E-state index contributed by atoms with van der Waals surface area (Å²) >= 11 is 23.7. The highest BCUT2D eigenvalue weighted by Gasteiger charge is 2.51. The Kier molecular flexibility index (Phi) is 5.45. The number of ketones is 1. The van der Waals surface area contributed by atoms with E-state index in [-0.39, 0.29) is 11.5 Å². The van der Waals surface area contributed by atoms with E-state index in [9.17, 15) is 4.79 Å². The molecular formula is C15H10Cl4O3. The molecule has 0 amide bonds. The predicted octanol–water partition coefficient (Wildman–Crippen LogP) is 4.98. The quantitative estimate of drug-likeness (QED) is 0.664. The second-order valence-corrected chi connectivity index (χ2v) is 6.71.